The Bertz CT molecular complexity index is 926. The molecule has 27 heavy (non-hydrogen) atoms. The summed E-state index contributed by atoms with van der Waals surface area (Å²) in [5.74, 6) is -1.01. The second-order valence-corrected chi connectivity index (χ2v) is 6.54. The minimum Gasteiger partial charge on any atom is -0.453 e. The van der Waals surface area contributed by atoms with E-state index in [2.05, 4.69) is 15.5 Å². The largest absolute Gasteiger partial charge is 0.453 e. The number of carbonyl (C=O) groups is 2. The molecule has 3 aromatic rings. The van der Waals surface area contributed by atoms with Gasteiger partial charge in [0.25, 0.3) is 5.91 Å². The van der Waals surface area contributed by atoms with Crippen molar-refractivity contribution in [3.8, 4) is 10.7 Å². The molecule has 0 bridgehead atoms. The normalized spacial score (nSPS) is 11.8. The fraction of sp³-hybridized carbons (Fsp3) is 0.222. The van der Waals surface area contributed by atoms with E-state index in [4.69, 9.17) is 9.26 Å². The third-order valence-corrected chi connectivity index (χ3v) is 4.43. The van der Waals surface area contributed by atoms with Crippen LogP contribution in [-0.2, 0) is 20.7 Å². The number of ether oxygens (including phenoxy) is 1. The number of halogens is 1. The van der Waals surface area contributed by atoms with Gasteiger partial charge >= 0.3 is 5.97 Å². The highest BCUT2D eigenvalue weighted by Crippen LogP contribution is 2.21. The minimum absolute atomic E-state index is 0.0244. The van der Waals surface area contributed by atoms with E-state index >= 15 is 0 Å². The van der Waals surface area contributed by atoms with Gasteiger partial charge in [-0.25, -0.2) is 4.39 Å². The molecule has 140 valence electrons. The fourth-order valence-corrected chi connectivity index (χ4v) is 2.83. The summed E-state index contributed by atoms with van der Waals surface area (Å²) in [6.07, 6.45) is -0.899. The van der Waals surface area contributed by atoms with Gasteiger partial charge in [0.1, 0.15) is 5.82 Å². The Morgan fingerprint density at radius 2 is 2.11 bits per heavy atom. The van der Waals surface area contributed by atoms with Crippen LogP contribution < -0.4 is 5.32 Å². The Balaban J connectivity index is 1.47. The first-order valence-electron chi connectivity index (χ1n) is 8.14. The van der Waals surface area contributed by atoms with Gasteiger partial charge in [-0.2, -0.15) is 4.98 Å². The van der Waals surface area contributed by atoms with Crippen LogP contribution in [0.3, 0.4) is 0 Å². The van der Waals surface area contributed by atoms with Gasteiger partial charge < -0.3 is 14.6 Å². The number of nitrogens with one attached hydrogen (secondary N) is 1. The Morgan fingerprint density at radius 3 is 2.85 bits per heavy atom. The van der Waals surface area contributed by atoms with Gasteiger partial charge in [0.05, 0.1) is 17.0 Å². The van der Waals surface area contributed by atoms with E-state index in [0.717, 1.165) is 4.88 Å². The molecule has 0 saturated heterocycles. The summed E-state index contributed by atoms with van der Waals surface area (Å²) >= 11 is 1.48. The van der Waals surface area contributed by atoms with Crippen LogP contribution in [0.1, 0.15) is 19.2 Å². The summed E-state index contributed by atoms with van der Waals surface area (Å²) < 4.78 is 23.7. The van der Waals surface area contributed by atoms with E-state index in [1.807, 2.05) is 17.5 Å². The molecule has 7 nitrogen and oxygen atoms in total. The van der Waals surface area contributed by atoms with E-state index in [-0.39, 0.29) is 18.5 Å². The number of rotatable bonds is 7. The maximum atomic E-state index is 13.5. The summed E-state index contributed by atoms with van der Waals surface area (Å²) in [5.41, 5.74) is 0.0253. The predicted octanol–water partition coefficient (Wildman–Crippen LogP) is 3.44. The molecule has 2 heterocycles. The number of thiophene rings is 1. The zero-order chi connectivity index (χ0) is 19.2. The van der Waals surface area contributed by atoms with Crippen LogP contribution in [0.25, 0.3) is 10.7 Å². The molecule has 3 rings (SSSR count). The molecule has 0 fully saturated rings. The third kappa shape index (κ3) is 4.98. The zero-order valence-corrected chi connectivity index (χ0v) is 15.2. The number of benzene rings is 1. The molecule has 2 aromatic heterocycles. The second-order valence-electron chi connectivity index (χ2n) is 5.59. The predicted molar refractivity (Wildman–Crippen MR) is 96.5 cm³/mol. The van der Waals surface area contributed by atoms with Gasteiger partial charge in [-0.3, -0.25) is 9.59 Å². The fourth-order valence-electron chi connectivity index (χ4n) is 2.18. The Morgan fingerprint density at radius 1 is 1.30 bits per heavy atom. The maximum Gasteiger partial charge on any atom is 0.307 e. The van der Waals surface area contributed by atoms with Gasteiger partial charge in [-0.15, -0.1) is 11.3 Å². The van der Waals surface area contributed by atoms with Crippen molar-refractivity contribution in [2.45, 2.75) is 25.9 Å². The number of esters is 1. The average molecular weight is 389 g/mol. The van der Waals surface area contributed by atoms with E-state index in [1.165, 1.54) is 36.5 Å². The number of hydrogen-bond acceptors (Lipinski definition) is 7. The summed E-state index contributed by atoms with van der Waals surface area (Å²) in [6, 6.07) is 9.48. The number of aromatic nitrogens is 2. The summed E-state index contributed by atoms with van der Waals surface area (Å²) in [4.78, 5) is 29.0. The Kier molecular flexibility index (Phi) is 5.92. The van der Waals surface area contributed by atoms with Crippen LogP contribution >= 0.6 is 11.3 Å². The molecule has 1 amide bonds. The number of hydrogen-bond donors (Lipinski definition) is 1. The van der Waals surface area contributed by atoms with Gasteiger partial charge in [-0.05, 0) is 30.5 Å². The maximum absolute atomic E-state index is 13.5. The molecule has 0 radical (unpaired) electrons. The van der Waals surface area contributed by atoms with Gasteiger partial charge in [0.15, 0.2) is 6.10 Å². The minimum atomic E-state index is -1.07. The van der Waals surface area contributed by atoms with Gasteiger partial charge in [0.2, 0.25) is 11.7 Å². The van der Waals surface area contributed by atoms with Gasteiger partial charge in [-0.1, -0.05) is 23.4 Å². The van der Waals surface area contributed by atoms with Crippen LogP contribution in [0.5, 0.6) is 0 Å². The highest BCUT2D eigenvalue weighted by molar-refractivity contribution is 7.13. The highest BCUT2D eigenvalue weighted by Gasteiger charge is 2.20. The molecule has 0 aliphatic carbocycles. The number of para-hydroxylation sites is 1. The molecule has 0 spiro atoms. The molecular weight excluding hydrogens is 373 g/mol. The lowest BCUT2D eigenvalue weighted by Crippen LogP contribution is -2.30. The number of amides is 1. The molecule has 0 aliphatic rings. The van der Waals surface area contributed by atoms with Crippen molar-refractivity contribution in [1.29, 1.82) is 0 Å². The molecule has 1 unspecified atom stereocenters. The van der Waals surface area contributed by atoms with Crippen LogP contribution in [0.2, 0.25) is 0 Å². The number of aryl methyl sites for hydroxylation is 1. The van der Waals surface area contributed by atoms with Crippen molar-refractivity contribution in [2.24, 2.45) is 0 Å². The van der Waals surface area contributed by atoms with Crippen LogP contribution in [-0.4, -0.2) is 28.1 Å². The van der Waals surface area contributed by atoms with Crippen molar-refractivity contribution < 1.29 is 23.2 Å². The molecule has 0 saturated carbocycles. The van der Waals surface area contributed by atoms with Crippen LogP contribution in [0.4, 0.5) is 10.1 Å². The molecule has 0 aliphatic heterocycles. The van der Waals surface area contributed by atoms with E-state index in [9.17, 15) is 14.0 Å². The first-order chi connectivity index (χ1) is 13.0. The Hall–Kier alpha value is -3.07. The molecule has 1 atom stereocenters. The first kappa shape index (κ1) is 18.7. The lowest BCUT2D eigenvalue weighted by Gasteiger charge is -2.13. The molecule has 9 heteroatoms. The lowest BCUT2D eigenvalue weighted by atomic mass is 10.2. The van der Waals surface area contributed by atoms with Gasteiger partial charge in [0, 0.05) is 6.42 Å². The summed E-state index contributed by atoms with van der Waals surface area (Å²) in [7, 11) is 0. The highest BCUT2D eigenvalue weighted by atomic mass is 32.1. The summed E-state index contributed by atoms with van der Waals surface area (Å²) in [6.45, 7) is 1.41. The molecular formula is C18H16FN3O4S. The standard InChI is InChI=1S/C18H16FN3O4S/c1-11(18(24)20-13-6-3-2-5-12(13)19)25-16(23)9-8-15-21-17(22-26-15)14-7-4-10-27-14/h2-7,10-11H,8-9H2,1H3,(H,20,24). The number of nitrogens with zero attached hydrogens (tertiary/aromatic N) is 2. The first-order valence-corrected chi connectivity index (χ1v) is 9.02. The topological polar surface area (TPSA) is 94.3 Å². The second kappa shape index (κ2) is 8.54. The lowest BCUT2D eigenvalue weighted by molar-refractivity contribution is -0.153. The van der Waals surface area contributed by atoms with E-state index < -0.39 is 23.8 Å². The molecule has 1 aromatic carbocycles. The number of carbonyl (C=O) groups excluding carboxylic acids is 2. The summed E-state index contributed by atoms with van der Waals surface area (Å²) in [5, 5.41) is 8.13. The molecule has 1 N–H and O–H groups in total. The van der Waals surface area contributed by atoms with Crippen molar-refractivity contribution >= 4 is 28.9 Å². The van der Waals surface area contributed by atoms with E-state index in [0.29, 0.717) is 11.7 Å². The smallest absolute Gasteiger partial charge is 0.307 e. The zero-order valence-electron chi connectivity index (χ0n) is 14.3. The number of anilines is 1. The Labute approximate surface area is 158 Å². The quantitative estimate of drug-likeness (QED) is 0.622. The monoisotopic (exact) mass is 389 g/mol. The average Bonchev–Trinajstić information content (AvgIpc) is 3.33. The van der Waals surface area contributed by atoms with Crippen molar-refractivity contribution in [3.63, 3.8) is 0 Å². The van der Waals surface area contributed by atoms with E-state index in [1.54, 1.807) is 6.07 Å². The third-order valence-electron chi connectivity index (χ3n) is 3.56. The van der Waals surface area contributed by atoms with Crippen molar-refractivity contribution in [1.82, 2.24) is 10.1 Å². The van der Waals surface area contributed by atoms with Crippen LogP contribution in [0.15, 0.2) is 46.3 Å². The van der Waals surface area contributed by atoms with Crippen molar-refractivity contribution in [2.75, 3.05) is 5.32 Å². The van der Waals surface area contributed by atoms with Crippen LogP contribution in [0, 0.1) is 5.82 Å². The van der Waals surface area contributed by atoms with Crippen molar-refractivity contribution in [3.05, 3.63) is 53.5 Å². The SMILES string of the molecule is CC(OC(=O)CCc1nc(-c2cccs2)no1)C(=O)Nc1ccccc1F.